The molecule has 2 aromatic rings. The second-order valence-corrected chi connectivity index (χ2v) is 4.96. The predicted octanol–water partition coefficient (Wildman–Crippen LogP) is 2.74. The summed E-state index contributed by atoms with van der Waals surface area (Å²) >= 11 is 5.25. The second-order valence-electron chi connectivity index (χ2n) is 4.60. The van der Waals surface area contributed by atoms with E-state index in [1.54, 1.807) is 4.57 Å². The lowest BCUT2D eigenvalue weighted by molar-refractivity contribution is 0.393. The number of hydrogen-bond acceptors (Lipinski definition) is 4. The van der Waals surface area contributed by atoms with Crippen LogP contribution in [0, 0.1) is 4.77 Å². The maximum atomic E-state index is 12.4. The Labute approximate surface area is 128 Å². The molecule has 0 atom stereocenters. The first-order valence-corrected chi connectivity index (χ1v) is 7.35. The van der Waals surface area contributed by atoms with Crippen molar-refractivity contribution in [1.82, 2.24) is 9.13 Å². The third kappa shape index (κ3) is 3.00. The van der Waals surface area contributed by atoms with Crippen LogP contribution in [0.25, 0.3) is 0 Å². The van der Waals surface area contributed by atoms with Crippen LogP contribution in [-0.4, -0.2) is 14.2 Å². The van der Waals surface area contributed by atoms with E-state index in [4.69, 9.17) is 12.2 Å². The molecule has 21 heavy (non-hydrogen) atoms. The van der Waals surface area contributed by atoms with Gasteiger partial charge in [-0.2, -0.15) is 0 Å². The topological polar surface area (TPSA) is 59.2 Å². The Hall–Kier alpha value is -2.08. The number of nitrogens with zero attached hydrogens (tertiary/aromatic N) is 2. The summed E-state index contributed by atoms with van der Waals surface area (Å²) in [5.41, 5.74) is 0.981. The zero-order chi connectivity index (χ0) is 15.4. The number of benzene rings is 1. The molecule has 1 heterocycles. The fourth-order valence-electron chi connectivity index (χ4n) is 2.21. The molecule has 0 radical (unpaired) electrons. The van der Waals surface area contributed by atoms with Gasteiger partial charge in [0.05, 0.1) is 12.1 Å². The monoisotopic (exact) mass is 305 g/mol. The van der Waals surface area contributed by atoms with E-state index in [1.807, 2.05) is 44.2 Å². The Balaban J connectivity index is 2.44. The third-order valence-corrected chi connectivity index (χ3v) is 3.81. The summed E-state index contributed by atoms with van der Waals surface area (Å²) in [6.07, 6.45) is 0. The number of nitrogens with one attached hydrogen (secondary N) is 1. The highest BCUT2D eigenvalue weighted by atomic mass is 32.1. The van der Waals surface area contributed by atoms with Crippen LogP contribution < -0.4 is 10.9 Å². The van der Waals surface area contributed by atoms with Gasteiger partial charge in [-0.15, -0.1) is 0 Å². The van der Waals surface area contributed by atoms with E-state index >= 15 is 0 Å². The van der Waals surface area contributed by atoms with E-state index in [2.05, 4.69) is 5.32 Å². The maximum absolute atomic E-state index is 12.4. The molecule has 0 aliphatic carbocycles. The highest BCUT2D eigenvalue weighted by molar-refractivity contribution is 7.71. The van der Waals surface area contributed by atoms with Gasteiger partial charge in [0, 0.05) is 18.8 Å². The van der Waals surface area contributed by atoms with Gasteiger partial charge in [0.15, 0.2) is 4.77 Å². The van der Waals surface area contributed by atoms with Crippen LogP contribution in [0.3, 0.4) is 0 Å². The molecule has 0 aliphatic rings. The van der Waals surface area contributed by atoms with Crippen LogP contribution >= 0.6 is 12.2 Å². The minimum atomic E-state index is -0.242. The molecule has 2 rings (SSSR count). The van der Waals surface area contributed by atoms with E-state index in [1.165, 1.54) is 4.57 Å². The lowest BCUT2D eigenvalue weighted by Crippen LogP contribution is -2.29. The molecule has 0 fully saturated rings. The number of para-hydroxylation sites is 1. The minimum Gasteiger partial charge on any atom is -0.494 e. The molecule has 0 saturated heterocycles. The van der Waals surface area contributed by atoms with Crippen LogP contribution in [0.2, 0.25) is 0 Å². The maximum Gasteiger partial charge on any atom is 0.263 e. The average molecular weight is 305 g/mol. The van der Waals surface area contributed by atoms with E-state index in [0.29, 0.717) is 23.4 Å². The minimum absolute atomic E-state index is 0.0550. The van der Waals surface area contributed by atoms with Gasteiger partial charge in [0.1, 0.15) is 0 Å². The fraction of sp³-hybridized carbons (Fsp3) is 0.333. The standard InChI is InChI=1S/C15H19N3O2S/c1-3-17-13(19)12(14(20)18(4-2)15(17)21)10-16-11-8-6-5-7-9-11/h5-9,16,19H,3-4,10H2,1-2H3. The van der Waals surface area contributed by atoms with Gasteiger partial charge >= 0.3 is 0 Å². The van der Waals surface area contributed by atoms with Gasteiger partial charge in [-0.1, -0.05) is 18.2 Å². The van der Waals surface area contributed by atoms with Gasteiger partial charge < -0.3 is 10.4 Å². The Kier molecular flexibility index (Phi) is 4.80. The molecule has 1 aromatic carbocycles. The zero-order valence-electron chi connectivity index (χ0n) is 12.2. The van der Waals surface area contributed by atoms with Crippen molar-refractivity contribution in [3.05, 3.63) is 51.0 Å². The normalized spacial score (nSPS) is 10.6. The first kappa shape index (κ1) is 15.3. The van der Waals surface area contributed by atoms with E-state index in [0.717, 1.165) is 5.69 Å². The lowest BCUT2D eigenvalue weighted by Gasteiger charge is -2.16. The van der Waals surface area contributed by atoms with Crippen molar-refractivity contribution >= 4 is 17.9 Å². The molecule has 2 N–H and O–H groups in total. The van der Waals surface area contributed by atoms with Crippen LogP contribution in [0.5, 0.6) is 5.88 Å². The van der Waals surface area contributed by atoms with Crippen molar-refractivity contribution in [2.24, 2.45) is 0 Å². The first-order chi connectivity index (χ1) is 10.1. The van der Waals surface area contributed by atoms with E-state index in [9.17, 15) is 9.90 Å². The predicted molar refractivity (Wildman–Crippen MR) is 86.3 cm³/mol. The molecule has 0 bridgehead atoms. The molecule has 0 saturated carbocycles. The molecular weight excluding hydrogens is 286 g/mol. The van der Waals surface area contributed by atoms with Crippen molar-refractivity contribution in [2.45, 2.75) is 33.5 Å². The van der Waals surface area contributed by atoms with Gasteiger partial charge in [-0.25, -0.2) is 0 Å². The lowest BCUT2D eigenvalue weighted by atomic mass is 10.2. The number of hydrogen-bond donors (Lipinski definition) is 2. The zero-order valence-corrected chi connectivity index (χ0v) is 13.0. The van der Waals surface area contributed by atoms with Crippen LogP contribution in [0.4, 0.5) is 5.69 Å². The highest BCUT2D eigenvalue weighted by Gasteiger charge is 2.15. The summed E-state index contributed by atoms with van der Waals surface area (Å²) in [5.74, 6) is -0.0550. The van der Waals surface area contributed by atoms with Gasteiger partial charge in [-0.3, -0.25) is 13.9 Å². The molecule has 6 heteroatoms. The summed E-state index contributed by atoms with van der Waals surface area (Å²) in [7, 11) is 0. The Morgan fingerprint density at radius 3 is 2.33 bits per heavy atom. The van der Waals surface area contributed by atoms with Crippen molar-refractivity contribution in [2.75, 3.05) is 5.32 Å². The van der Waals surface area contributed by atoms with Crippen molar-refractivity contribution < 1.29 is 5.11 Å². The molecule has 0 aliphatic heterocycles. The average Bonchev–Trinajstić information content (AvgIpc) is 2.49. The molecule has 0 unspecified atom stereocenters. The Bertz CT molecular complexity index is 735. The summed E-state index contributed by atoms with van der Waals surface area (Å²) < 4.78 is 3.42. The van der Waals surface area contributed by atoms with Crippen LogP contribution in [-0.2, 0) is 19.6 Å². The van der Waals surface area contributed by atoms with E-state index < -0.39 is 0 Å². The summed E-state index contributed by atoms with van der Waals surface area (Å²) in [6, 6.07) is 9.55. The number of aromatic nitrogens is 2. The molecule has 5 nitrogen and oxygen atoms in total. The summed E-state index contributed by atoms with van der Waals surface area (Å²) in [6.45, 7) is 5.00. The van der Waals surface area contributed by atoms with Crippen LogP contribution in [0.1, 0.15) is 19.4 Å². The first-order valence-electron chi connectivity index (χ1n) is 6.94. The molecule has 0 amide bonds. The Morgan fingerprint density at radius 1 is 1.14 bits per heavy atom. The van der Waals surface area contributed by atoms with Crippen molar-refractivity contribution in [3.8, 4) is 5.88 Å². The van der Waals surface area contributed by atoms with Gasteiger partial charge in [-0.05, 0) is 38.2 Å². The third-order valence-electron chi connectivity index (χ3n) is 3.37. The van der Waals surface area contributed by atoms with Gasteiger partial charge in [0.25, 0.3) is 5.56 Å². The smallest absolute Gasteiger partial charge is 0.263 e. The summed E-state index contributed by atoms with van der Waals surface area (Å²) in [5, 5.41) is 13.4. The van der Waals surface area contributed by atoms with Crippen molar-refractivity contribution in [3.63, 3.8) is 0 Å². The fourth-order valence-corrected chi connectivity index (χ4v) is 2.64. The molecule has 1 aromatic heterocycles. The van der Waals surface area contributed by atoms with Gasteiger partial charge in [0.2, 0.25) is 5.88 Å². The quantitative estimate of drug-likeness (QED) is 0.834. The number of aromatic hydroxyl groups is 1. The number of rotatable bonds is 5. The summed E-state index contributed by atoms with van der Waals surface area (Å²) in [4.78, 5) is 12.4. The Morgan fingerprint density at radius 2 is 1.76 bits per heavy atom. The molecule has 0 spiro atoms. The second kappa shape index (κ2) is 6.58. The van der Waals surface area contributed by atoms with E-state index in [-0.39, 0.29) is 18.0 Å². The number of anilines is 1. The van der Waals surface area contributed by atoms with Crippen molar-refractivity contribution in [1.29, 1.82) is 0 Å². The van der Waals surface area contributed by atoms with Crippen LogP contribution in [0.15, 0.2) is 35.1 Å². The highest BCUT2D eigenvalue weighted by Crippen LogP contribution is 2.16. The molecular formula is C15H19N3O2S. The largest absolute Gasteiger partial charge is 0.494 e. The SMILES string of the molecule is CCn1c(O)c(CNc2ccccc2)c(=O)n(CC)c1=S. The molecule has 112 valence electrons.